The first-order valence-electron chi connectivity index (χ1n) is 27.3. The van der Waals surface area contributed by atoms with Gasteiger partial charge in [0.15, 0.2) is 0 Å². The molecule has 76 heavy (non-hydrogen) atoms. The van der Waals surface area contributed by atoms with E-state index in [4.69, 9.17) is 33.2 Å². The van der Waals surface area contributed by atoms with Gasteiger partial charge in [-0.15, -0.1) is 0 Å². The molecule has 0 aromatic carbocycles. The van der Waals surface area contributed by atoms with E-state index in [2.05, 4.69) is 19.9 Å². The van der Waals surface area contributed by atoms with Crippen LogP contribution in [0.4, 0.5) is 0 Å². The Kier molecular flexibility index (Phi) is 33.8. The Hall–Kier alpha value is -4.23. The molecule has 17 unspecified atom stereocenters. The second-order valence-electron chi connectivity index (χ2n) is 21.9. The molecule has 0 radical (unpaired) electrons. The van der Waals surface area contributed by atoms with Crippen LogP contribution >= 0.6 is 0 Å². The number of methoxy groups -OCH3 is 3. The van der Waals surface area contributed by atoms with Gasteiger partial charge in [0.25, 0.3) is 0 Å². The summed E-state index contributed by atoms with van der Waals surface area (Å²) in [4.78, 5) is 69.3. The Morgan fingerprint density at radius 2 is 1.54 bits per heavy atom. The highest BCUT2D eigenvalue weighted by Gasteiger charge is 2.38. The normalized spacial score (nSPS) is 28.6. The van der Waals surface area contributed by atoms with Gasteiger partial charge in [0.2, 0.25) is 6.41 Å². The minimum absolute atomic E-state index is 0.129. The zero-order valence-corrected chi connectivity index (χ0v) is 49.6. The molecule has 0 aromatic heterocycles. The number of carbonyl (C=O) groups excluding carboxylic acids is 5. The number of ether oxygens (including phenoxy) is 7. The van der Waals surface area contributed by atoms with E-state index >= 15 is 0 Å². The summed E-state index contributed by atoms with van der Waals surface area (Å²) in [6.07, 6.45) is 15.5. The molecule has 17 nitrogen and oxygen atoms in total. The van der Waals surface area contributed by atoms with Gasteiger partial charge in [-0.1, -0.05) is 91.0 Å². The maximum Gasteiger partial charge on any atom is 0.331 e. The lowest BCUT2D eigenvalue weighted by Crippen LogP contribution is -2.44. The summed E-state index contributed by atoms with van der Waals surface area (Å²) in [6.45, 7) is 18.8. The van der Waals surface area contributed by atoms with E-state index in [-0.39, 0.29) is 55.3 Å². The first kappa shape index (κ1) is 69.8. The van der Waals surface area contributed by atoms with Gasteiger partial charge in [-0.3, -0.25) is 29.0 Å². The third kappa shape index (κ3) is 25.1. The Bertz CT molecular complexity index is 1870. The van der Waals surface area contributed by atoms with Crippen LogP contribution in [-0.4, -0.2) is 179 Å². The molecule has 0 fully saturated rings. The van der Waals surface area contributed by atoms with Crippen LogP contribution in [0.15, 0.2) is 60.4 Å². The quantitative estimate of drug-likeness (QED) is 0.0435. The Balaban J connectivity index is 3.70. The molecular weight excluding hydrogens is 975 g/mol. The van der Waals surface area contributed by atoms with Crippen LogP contribution in [-0.2, 0) is 57.1 Å². The molecule has 0 saturated carbocycles. The molecule has 0 aromatic rings. The molecule has 1 amide bonds. The van der Waals surface area contributed by atoms with Gasteiger partial charge in [0.1, 0.15) is 36.5 Å². The molecule has 1 aliphatic rings. The molecule has 0 saturated heterocycles. The maximum absolute atomic E-state index is 13.6. The van der Waals surface area contributed by atoms with Gasteiger partial charge >= 0.3 is 23.9 Å². The average Bonchev–Trinajstić information content (AvgIpc) is 3.38. The fourth-order valence-corrected chi connectivity index (χ4v) is 9.39. The van der Waals surface area contributed by atoms with Crippen LogP contribution in [0.5, 0.6) is 0 Å². The number of rotatable bonds is 23. The van der Waals surface area contributed by atoms with Crippen molar-refractivity contribution in [2.45, 2.75) is 182 Å². The highest BCUT2D eigenvalue weighted by Crippen LogP contribution is 2.32. The lowest BCUT2D eigenvalue weighted by atomic mass is 9.82. The van der Waals surface area contributed by atoms with Crippen molar-refractivity contribution >= 4 is 30.3 Å². The average molecular weight is 1080 g/mol. The fraction of sp³-hybridized carbons (Fsp3) is 0.746. The first-order valence-corrected chi connectivity index (χ1v) is 27.3. The molecule has 1 heterocycles. The summed E-state index contributed by atoms with van der Waals surface area (Å²) in [5, 5.41) is 23.8. The second-order valence-corrected chi connectivity index (χ2v) is 21.9. The van der Waals surface area contributed by atoms with Crippen LogP contribution in [0.1, 0.15) is 121 Å². The summed E-state index contributed by atoms with van der Waals surface area (Å²) in [7, 11) is 13.6. The minimum Gasteiger partial charge on any atom is -0.462 e. The largest absolute Gasteiger partial charge is 0.462 e. The topological polar surface area (TPSA) is 200 Å². The van der Waals surface area contributed by atoms with Crippen LogP contribution < -0.4 is 0 Å². The zero-order valence-electron chi connectivity index (χ0n) is 49.6. The molecule has 1 aliphatic heterocycles. The molecule has 436 valence electrons. The monoisotopic (exact) mass is 1080 g/mol. The smallest absolute Gasteiger partial charge is 0.331 e. The first-order chi connectivity index (χ1) is 35.7. The minimum atomic E-state index is -0.973. The summed E-state index contributed by atoms with van der Waals surface area (Å²) in [5.41, 5.74) is 1.10. The molecule has 2 N–H and O–H groups in total. The fourth-order valence-electron chi connectivity index (χ4n) is 9.39. The molecular formula is C59H101N3O14. The molecule has 17 heteroatoms. The summed E-state index contributed by atoms with van der Waals surface area (Å²) >= 11 is 0. The predicted octanol–water partition coefficient (Wildman–Crippen LogP) is 7.74. The maximum atomic E-state index is 13.6. The number of amides is 1. The highest BCUT2D eigenvalue weighted by atomic mass is 16.6. The number of aliphatic hydroxyl groups is 2. The van der Waals surface area contributed by atoms with Crippen LogP contribution in [0.25, 0.3) is 0 Å². The van der Waals surface area contributed by atoms with Gasteiger partial charge in [-0.05, 0) is 104 Å². The molecule has 0 aliphatic carbocycles. The van der Waals surface area contributed by atoms with E-state index < -0.39 is 90.3 Å². The second kappa shape index (κ2) is 36.8. The predicted molar refractivity (Wildman–Crippen MR) is 297 cm³/mol. The van der Waals surface area contributed by atoms with Gasteiger partial charge < -0.3 is 48.3 Å². The zero-order chi connectivity index (χ0) is 57.8. The number of aliphatic hydroxyl groups excluding tert-OH is 2. The Labute approximate surface area is 457 Å². The summed E-state index contributed by atoms with van der Waals surface area (Å²) < 4.78 is 41.5. The standard InChI is InChI=1S/C59H101N3O14/c1-38-27-28-39(2)50(72-18)31-29-40(3)56(67)44(7)52(76-59(69)49(36-70-16)61(13)14)24-20-19-21-26-54(65)74-51(25-22-23-48(35-38)71-17)43(6)55(66)41(4)30-32-53(75-58(68)46(9)60(11)12)45(8)57(73-47(10)64)42(5)33-34-62(15)37-63/h19-23,26,28,33-34,37-38,40-46,48-53,55-57,66-67H,24-25,27,29-32,35-36H2,1-18H3/b20-19+,23-22+,26-21+,34-33+,39-28+. The van der Waals surface area contributed by atoms with Crippen molar-refractivity contribution in [1.82, 2.24) is 14.7 Å². The van der Waals surface area contributed by atoms with Gasteiger partial charge in [0.05, 0.1) is 31.0 Å². The van der Waals surface area contributed by atoms with Crippen molar-refractivity contribution in [3.05, 3.63) is 60.4 Å². The number of cyclic esters (lactones) is 1. The number of allylic oxidation sites excluding steroid dienone is 3. The van der Waals surface area contributed by atoms with E-state index in [1.54, 1.807) is 96.7 Å². The number of carbonyl (C=O) groups is 5. The highest BCUT2D eigenvalue weighted by molar-refractivity contribution is 5.82. The molecule has 1 rings (SSSR count). The van der Waals surface area contributed by atoms with Crippen molar-refractivity contribution in [3.63, 3.8) is 0 Å². The van der Waals surface area contributed by atoms with Crippen molar-refractivity contribution < 1.29 is 67.3 Å². The lowest BCUT2D eigenvalue weighted by Gasteiger charge is -2.35. The number of esters is 4. The van der Waals surface area contributed by atoms with Gasteiger partial charge in [-0.25, -0.2) is 4.79 Å². The number of hydrogen-bond donors (Lipinski definition) is 2. The van der Waals surface area contributed by atoms with Crippen molar-refractivity contribution in [1.29, 1.82) is 0 Å². The Morgan fingerprint density at radius 3 is 2.12 bits per heavy atom. The van der Waals surface area contributed by atoms with Crippen LogP contribution in [0.3, 0.4) is 0 Å². The van der Waals surface area contributed by atoms with Gasteiger partial charge in [-0.2, -0.15) is 0 Å². The molecule has 0 bridgehead atoms. The third-order valence-electron chi connectivity index (χ3n) is 15.2. The summed E-state index contributed by atoms with van der Waals surface area (Å²) in [5.74, 6) is -4.21. The number of nitrogens with zero attached hydrogens (tertiary/aromatic N) is 3. The molecule has 17 atom stereocenters. The van der Waals surface area contributed by atoms with E-state index in [9.17, 15) is 34.2 Å². The van der Waals surface area contributed by atoms with E-state index in [0.29, 0.717) is 32.1 Å². The molecule has 0 spiro atoms. The Morgan fingerprint density at radius 1 is 0.868 bits per heavy atom. The van der Waals surface area contributed by atoms with E-state index in [1.807, 2.05) is 53.7 Å². The van der Waals surface area contributed by atoms with E-state index in [1.165, 1.54) is 25.0 Å². The SMILES string of the molecule is COCC(C(=O)OC1C/C=C/C=C/C(=O)OC(C(C)C(O)C(C)CCC(OC(=O)C(C)N(C)C)C(C)C(OC(C)=O)C(C)/C=C/N(C)C=O)C/C=C/C(OC)CC(C)C/C=C(\C)C(OC)CCC(C)C(O)C1C)N(C)C. The van der Waals surface area contributed by atoms with Crippen molar-refractivity contribution in [2.24, 2.45) is 41.4 Å². The number of likely N-dealkylation sites (N-methyl/N-ethyl adjacent to an activating group) is 2. The summed E-state index contributed by atoms with van der Waals surface area (Å²) in [6, 6.07) is -1.23. The lowest BCUT2D eigenvalue weighted by molar-refractivity contribution is -0.166. The van der Waals surface area contributed by atoms with Crippen molar-refractivity contribution in [3.8, 4) is 0 Å². The van der Waals surface area contributed by atoms with Gasteiger partial charge in [0, 0.05) is 84.1 Å². The van der Waals surface area contributed by atoms with Crippen LogP contribution in [0, 0.1) is 41.4 Å². The number of hydrogen-bond acceptors (Lipinski definition) is 16. The third-order valence-corrected chi connectivity index (χ3v) is 15.2. The van der Waals surface area contributed by atoms with E-state index in [0.717, 1.165) is 18.4 Å². The van der Waals surface area contributed by atoms with Crippen LogP contribution in [0.2, 0.25) is 0 Å². The van der Waals surface area contributed by atoms with Crippen molar-refractivity contribution in [2.75, 3.05) is 63.2 Å².